The summed E-state index contributed by atoms with van der Waals surface area (Å²) in [5.74, 6) is 0.246. The molecule has 3 rings (SSSR count). The Bertz CT molecular complexity index is 707. The molecule has 2 heteroatoms. The first-order valence-corrected chi connectivity index (χ1v) is 6.54. The zero-order valence-electron chi connectivity index (χ0n) is 11.0. The largest absolute Gasteiger partial charge is 0.506 e. The number of hydrogen-bond acceptors (Lipinski definition) is 2. The summed E-state index contributed by atoms with van der Waals surface area (Å²) in [5.41, 5.74) is 3.93. The number of aromatic hydroxyl groups is 1. The predicted molar refractivity (Wildman–Crippen MR) is 83.3 cm³/mol. The van der Waals surface area contributed by atoms with Gasteiger partial charge in [0.15, 0.2) is 0 Å². The van der Waals surface area contributed by atoms with Crippen molar-refractivity contribution < 1.29 is 5.11 Å². The first kappa shape index (κ1) is 12.3. The molecule has 0 fully saturated rings. The molecule has 2 N–H and O–H groups in total. The van der Waals surface area contributed by atoms with Crippen molar-refractivity contribution in [1.82, 2.24) is 0 Å². The zero-order valence-corrected chi connectivity index (χ0v) is 11.0. The Morgan fingerprint density at radius 1 is 0.600 bits per heavy atom. The molecule has 0 spiro atoms. The van der Waals surface area contributed by atoms with Gasteiger partial charge in [-0.1, -0.05) is 60.7 Å². The average molecular weight is 261 g/mol. The van der Waals surface area contributed by atoms with E-state index in [1.54, 1.807) is 6.07 Å². The number of nitrogens with one attached hydrogen (secondary N) is 1. The van der Waals surface area contributed by atoms with Crippen molar-refractivity contribution in [2.24, 2.45) is 0 Å². The van der Waals surface area contributed by atoms with Gasteiger partial charge in [-0.3, -0.25) is 0 Å². The van der Waals surface area contributed by atoms with Crippen molar-refractivity contribution in [2.75, 3.05) is 5.32 Å². The Morgan fingerprint density at radius 2 is 1.20 bits per heavy atom. The molecular formula is C18H15NO. The molecule has 0 saturated heterocycles. The summed E-state index contributed by atoms with van der Waals surface area (Å²) in [5, 5.41) is 13.2. The van der Waals surface area contributed by atoms with E-state index in [0.717, 1.165) is 16.8 Å². The zero-order chi connectivity index (χ0) is 13.8. The van der Waals surface area contributed by atoms with Gasteiger partial charge in [-0.25, -0.2) is 0 Å². The van der Waals surface area contributed by atoms with Crippen LogP contribution in [0.1, 0.15) is 0 Å². The molecule has 0 aliphatic heterocycles. The number of benzene rings is 3. The molecule has 0 amide bonds. The molecule has 0 heterocycles. The number of rotatable bonds is 3. The SMILES string of the molecule is Oc1ccccc1Nc1ccccc1-c1ccccc1. The lowest BCUT2D eigenvalue weighted by molar-refractivity contribution is 0.478. The summed E-state index contributed by atoms with van der Waals surface area (Å²) in [7, 11) is 0. The number of phenolic OH excluding ortho intramolecular Hbond substituents is 1. The molecule has 0 saturated carbocycles. The highest BCUT2D eigenvalue weighted by atomic mass is 16.3. The molecule has 0 aliphatic carbocycles. The molecular weight excluding hydrogens is 246 g/mol. The standard InChI is InChI=1S/C18H15NO/c20-18-13-7-6-12-17(18)19-16-11-5-4-10-15(16)14-8-2-1-3-9-14/h1-13,19-20H. The van der Waals surface area contributed by atoms with Gasteiger partial charge in [0.05, 0.1) is 5.69 Å². The maximum Gasteiger partial charge on any atom is 0.139 e. The lowest BCUT2D eigenvalue weighted by Gasteiger charge is -2.13. The number of anilines is 2. The van der Waals surface area contributed by atoms with E-state index in [-0.39, 0.29) is 5.75 Å². The molecule has 2 nitrogen and oxygen atoms in total. The molecule has 20 heavy (non-hydrogen) atoms. The van der Waals surface area contributed by atoms with Crippen LogP contribution in [0.3, 0.4) is 0 Å². The van der Waals surface area contributed by atoms with Crippen molar-refractivity contribution in [3.63, 3.8) is 0 Å². The second kappa shape index (κ2) is 5.49. The van der Waals surface area contributed by atoms with Crippen molar-refractivity contribution >= 4 is 11.4 Å². The van der Waals surface area contributed by atoms with Crippen LogP contribution in [0.4, 0.5) is 11.4 Å². The van der Waals surface area contributed by atoms with Gasteiger partial charge in [-0.05, 0) is 23.8 Å². The lowest BCUT2D eigenvalue weighted by Crippen LogP contribution is -1.93. The fourth-order valence-electron chi connectivity index (χ4n) is 2.19. The fourth-order valence-corrected chi connectivity index (χ4v) is 2.19. The Labute approximate surface area is 118 Å². The number of para-hydroxylation sites is 3. The lowest BCUT2D eigenvalue weighted by atomic mass is 10.0. The van der Waals surface area contributed by atoms with Crippen LogP contribution in [0.5, 0.6) is 5.75 Å². The van der Waals surface area contributed by atoms with Crippen LogP contribution >= 0.6 is 0 Å². The van der Waals surface area contributed by atoms with Crippen molar-refractivity contribution in [1.29, 1.82) is 0 Å². The van der Waals surface area contributed by atoms with Crippen LogP contribution in [0.2, 0.25) is 0 Å². The predicted octanol–water partition coefficient (Wildman–Crippen LogP) is 4.80. The van der Waals surface area contributed by atoms with Gasteiger partial charge in [-0.15, -0.1) is 0 Å². The van der Waals surface area contributed by atoms with Gasteiger partial charge in [-0.2, -0.15) is 0 Å². The Hall–Kier alpha value is -2.74. The topological polar surface area (TPSA) is 32.3 Å². The van der Waals surface area contributed by atoms with E-state index >= 15 is 0 Å². The average Bonchev–Trinajstić information content (AvgIpc) is 2.51. The Balaban J connectivity index is 2.01. The maximum absolute atomic E-state index is 9.87. The van der Waals surface area contributed by atoms with Crippen LogP contribution in [0, 0.1) is 0 Å². The molecule has 3 aromatic carbocycles. The normalized spacial score (nSPS) is 10.2. The van der Waals surface area contributed by atoms with Gasteiger partial charge in [0.1, 0.15) is 5.75 Å². The third kappa shape index (κ3) is 2.50. The van der Waals surface area contributed by atoms with Crippen LogP contribution in [0.25, 0.3) is 11.1 Å². The van der Waals surface area contributed by atoms with E-state index in [9.17, 15) is 5.11 Å². The van der Waals surface area contributed by atoms with E-state index in [1.807, 2.05) is 54.6 Å². The monoisotopic (exact) mass is 261 g/mol. The fraction of sp³-hybridized carbons (Fsp3) is 0. The number of hydrogen-bond donors (Lipinski definition) is 2. The third-order valence-corrected chi connectivity index (χ3v) is 3.19. The quantitative estimate of drug-likeness (QED) is 0.663. The Kier molecular flexibility index (Phi) is 3.38. The number of phenols is 1. The summed E-state index contributed by atoms with van der Waals surface area (Å²) in [4.78, 5) is 0. The van der Waals surface area contributed by atoms with E-state index in [2.05, 4.69) is 23.5 Å². The highest BCUT2D eigenvalue weighted by Crippen LogP contribution is 2.32. The molecule has 0 radical (unpaired) electrons. The smallest absolute Gasteiger partial charge is 0.139 e. The maximum atomic E-state index is 9.87. The minimum atomic E-state index is 0.246. The van der Waals surface area contributed by atoms with E-state index in [1.165, 1.54) is 0 Å². The summed E-state index contributed by atoms with van der Waals surface area (Å²) in [6, 6.07) is 25.5. The second-order valence-electron chi connectivity index (χ2n) is 4.55. The van der Waals surface area contributed by atoms with Gasteiger partial charge in [0, 0.05) is 11.3 Å². The van der Waals surface area contributed by atoms with Crippen LogP contribution in [-0.2, 0) is 0 Å². The third-order valence-electron chi connectivity index (χ3n) is 3.19. The van der Waals surface area contributed by atoms with Crippen molar-refractivity contribution in [3.8, 4) is 16.9 Å². The minimum absolute atomic E-state index is 0.246. The molecule has 0 aliphatic rings. The molecule has 0 aromatic heterocycles. The van der Waals surface area contributed by atoms with Crippen LogP contribution < -0.4 is 5.32 Å². The van der Waals surface area contributed by atoms with Gasteiger partial charge < -0.3 is 10.4 Å². The minimum Gasteiger partial charge on any atom is -0.506 e. The second-order valence-corrected chi connectivity index (χ2v) is 4.55. The first-order valence-electron chi connectivity index (χ1n) is 6.54. The first-order chi connectivity index (χ1) is 9.84. The summed E-state index contributed by atoms with van der Waals surface area (Å²) >= 11 is 0. The summed E-state index contributed by atoms with van der Waals surface area (Å²) < 4.78 is 0. The molecule has 98 valence electrons. The highest BCUT2D eigenvalue weighted by Gasteiger charge is 2.06. The van der Waals surface area contributed by atoms with E-state index in [0.29, 0.717) is 5.69 Å². The van der Waals surface area contributed by atoms with Gasteiger partial charge >= 0.3 is 0 Å². The Morgan fingerprint density at radius 3 is 1.95 bits per heavy atom. The molecule has 3 aromatic rings. The van der Waals surface area contributed by atoms with Crippen LogP contribution in [0.15, 0.2) is 78.9 Å². The summed E-state index contributed by atoms with van der Waals surface area (Å²) in [6.07, 6.45) is 0. The van der Waals surface area contributed by atoms with Gasteiger partial charge in [0.2, 0.25) is 0 Å². The van der Waals surface area contributed by atoms with Crippen LogP contribution in [-0.4, -0.2) is 5.11 Å². The van der Waals surface area contributed by atoms with E-state index < -0.39 is 0 Å². The van der Waals surface area contributed by atoms with Crippen molar-refractivity contribution in [3.05, 3.63) is 78.9 Å². The molecule has 0 unspecified atom stereocenters. The van der Waals surface area contributed by atoms with Crippen molar-refractivity contribution in [2.45, 2.75) is 0 Å². The molecule has 0 bridgehead atoms. The van der Waals surface area contributed by atoms with E-state index in [4.69, 9.17) is 0 Å². The molecule has 0 atom stereocenters. The summed E-state index contributed by atoms with van der Waals surface area (Å²) in [6.45, 7) is 0. The highest BCUT2D eigenvalue weighted by molar-refractivity contribution is 5.82. The van der Waals surface area contributed by atoms with Gasteiger partial charge in [0.25, 0.3) is 0 Å².